The zero-order chi connectivity index (χ0) is 11.4. The van der Waals surface area contributed by atoms with Gasteiger partial charge in [0.15, 0.2) is 0 Å². The second-order valence-corrected chi connectivity index (χ2v) is 5.33. The topological polar surface area (TPSA) is 24.9 Å². The van der Waals surface area contributed by atoms with E-state index in [1.54, 1.807) is 11.3 Å². The van der Waals surface area contributed by atoms with Crippen LogP contribution in [0.25, 0.3) is 0 Å². The fraction of sp³-hybridized carbons (Fsp3) is 0.750. The Labute approximate surface area is 97.1 Å². The Balaban J connectivity index is 2.82. The number of aryl methyl sites for hydroxylation is 1. The summed E-state index contributed by atoms with van der Waals surface area (Å²) in [5.74, 6) is 1.16. The third-order valence-corrected chi connectivity index (χ3v) is 3.77. The smallest absolute Gasteiger partial charge is 0.0977 e. The predicted molar refractivity (Wildman–Crippen MR) is 67.6 cm³/mol. The molecule has 2 atom stereocenters. The SMILES string of the molecule is CCNC(C)C(c1nc(C)cs1)C(C)C. The van der Waals surface area contributed by atoms with Gasteiger partial charge in [0, 0.05) is 23.0 Å². The van der Waals surface area contributed by atoms with Crippen LogP contribution >= 0.6 is 11.3 Å². The Morgan fingerprint density at radius 2 is 2.07 bits per heavy atom. The number of nitrogens with zero attached hydrogens (tertiary/aromatic N) is 1. The van der Waals surface area contributed by atoms with Crippen molar-refractivity contribution in [3.8, 4) is 0 Å². The minimum absolute atomic E-state index is 0.501. The zero-order valence-corrected chi connectivity index (χ0v) is 11.2. The summed E-state index contributed by atoms with van der Waals surface area (Å²) < 4.78 is 0. The average Bonchev–Trinajstić information content (AvgIpc) is 2.51. The molecule has 0 bridgehead atoms. The molecule has 1 N–H and O–H groups in total. The molecule has 0 aromatic carbocycles. The van der Waals surface area contributed by atoms with Gasteiger partial charge in [0.05, 0.1) is 5.01 Å². The average molecular weight is 226 g/mol. The Hall–Kier alpha value is -0.410. The molecule has 2 nitrogen and oxygen atoms in total. The van der Waals surface area contributed by atoms with Crippen LogP contribution in [0.5, 0.6) is 0 Å². The fourth-order valence-electron chi connectivity index (χ4n) is 2.05. The third kappa shape index (κ3) is 3.28. The maximum atomic E-state index is 4.61. The molecule has 0 saturated heterocycles. The van der Waals surface area contributed by atoms with E-state index in [0.29, 0.717) is 17.9 Å². The van der Waals surface area contributed by atoms with Crippen LogP contribution in [0.3, 0.4) is 0 Å². The van der Waals surface area contributed by atoms with Crippen molar-refractivity contribution in [2.75, 3.05) is 6.54 Å². The van der Waals surface area contributed by atoms with Crippen molar-refractivity contribution in [3.63, 3.8) is 0 Å². The van der Waals surface area contributed by atoms with Crippen LogP contribution in [0.4, 0.5) is 0 Å². The van der Waals surface area contributed by atoms with E-state index in [9.17, 15) is 0 Å². The minimum Gasteiger partial charge on any atom is -0.314 e. The fourth-order valence-corrected chi connectivity index (χ4v) is 3.22. The molecule has 0 fully saturated rings. The molecule has 1 rings (SSSR count). The van der Waals surface area contributed by atoms with Crippen LogP contribution in [0.1, 0.15) is 44.3 Å². The van der Waals surface area contributed by atoms with Crippen LogP contribution in [0.2, 0.25) is 0 Å². The highest BCUT2D eigenvalue weighted by Gasteiger charge is 2.24. The first-order valence-corrected chi connectivity index (χ1v) is 6.59. The first kappa shape index (κ1) is 12.7. The zero-order valence-electron chi connectivity index (χ0n) is 10.4. The van der Waals surface area contributed by atoms with Crippen molar-refractivity contribution >= 4 is 11.3 Å². The normalized spacial score (nSPS) is 15.6. The number of likely N-dealkylation sites (N-methyl/N-ethyl adjacent to an activating group) is 1. The summed E-state index contributed by atoms with van der Waals surface area (Å²) in [7, 11) is 0. The molecule has 0 spiro atoms. The van der Waals surface area contributed by atoms with Gasteiger partial charge in [-0.2, -0.15) is 0 Å². The third-order valence-electron chi connectivity index (χ3n) is 2.70. The summed E-state index contributed by atoms with van der Waals surface area (Å²) in [5.41, 5.74) is 1.14. The first-order valence-electron chi connectivity index (χ1n) is 5.71. The number of thiazole rings is 1. The maximum Gasteiger partial charge on any atom is 0.0977 e. The number of nitrogens with one attached hydrogen (secondary N) is 1. The van der Waals surface area contributed by atoms with Crippen molar-refractivity contribution in [1.82, 2.24) is 10.3 Å². The van der Waals surface area contributed by atoms with E-state index < -0.39 is 0 Å². The highest BCUT2D eigenvalue weighted by atomic mass is 32.1. The van der Waals surface area contributed by atoms with Crippen LogP contribution in [0, 0.1) is 12.8 Å². The van der Waals surface area contributed by atoms with Gasteiger partial charge in [-0.3, -0.25) is 0 Å². The van der Waals surface area contributed by atoms with Crippen molar-refractivity contribution in [2.45, 2.75) is 46.6 Å². The Morgan fingerprint density at radius 3 is 2.47 bits per heavy atom. The summed E-state index contributed by atoms with van der Waals surface area (Å²) in [5, 5.41) is 6.92. The number of rotatable bonds is 5. The summed E-state index contributed by atoms with van der Waals surface area (Å²) in [6.07, 6.45) is 0. The van der Waals surface area contributed by atoms with E-state index in [2.05, 4.69) is 50.3 Å². The summed E-state index contributed by atoms with van der Waals surface area (Å²) >= 11 is 1.79. The molecule has 0 saturated carbocycles. The van der Waals surface area contributed by atoms with Gasteiger partial charge in [0.2, 0.25) is 0 Å². The molecule has 1 heterocycles. The van der Waals surface area contributed by atoms with E-state index >= 15 is 0 Å². The molecular formula is C12H22N2S. The lowest BCUT2D eigenvalue weighted by Gasteiger charge is -2.26. The van der Waals surface area contributed by atoms with Gasteiger partial charge < -0.3 is 5.32 Å². The van der Waals surface area contributed by atoms with Gasteiger partial charge in [0.25, 0.3) is 0 Å². The Morgan fingerprint density at radius 1 is 1.40 bits per heavy atom. The lowest BCUT2D eigenvalue weighted by Crippen LogP contribution is -2.34. The molecule has 15 heavy (non-hydrogen) atoms. The van der Waals surface area contributed by atoms with Gasteiger partial charge >= 0.3 is 0 Å². The molecule has 0 aliphatic heterocycles. The minimum atomic E-state index is 0.501. The molecule has 1 aromatic rings. The van der Waals surface area contributed by atoms with Gasteiger partial charge in [-0.25, -0.2) is 4.98 Å². The highest BCUT2D eigenvalue weighted by Crippen LogP contribution is 2.30. The monoisotopic (exact) mass is 226 g/mol. The van der Waals surface area contributed by atoms with Crippen LogP contribution < -0.4 is 5.32 Å². The lowest BCUT2D eigenvalue weighted by molar-refractivity contribution is 0.381. The van der Waals surface area contributed by atoms with Gasteiger partial charge in [-0.1, -0.05) is 20.8 Å². The van der Waals surface area contributed by atoms with Gasteiger partial charge in [-0.05, 0) is 26.3 Å². The molecule has 0 radical (unpaired) electrons. The molecule has 2 unspecified atom stereocenters. The van der Waals surface area contributed by atoms with Crippen LogP contribution in [-0.2, 0) is 0 Å². The van der Waals surface area contributed by atoms with E-state index in [-0.39, 0.29) is 0 Å². The summed E-state index contributed by atoms with van der Waals surface area (Å²) in [4.78, 5) is 4.61. The van der Waals surface area contributed by atoms with Crippen molar-refractivity contribution in [1.29, 1.82) is 0 Å². The van der Waals surface area contributed by atoms with E-state index in [4.69, 9.17) is 0 Å². The molecular weight excluding hydrogens is 204 g/mol. The van der Waals surface area contributed by atoms with Crippen LogP contribution in [-0.4, -0.2) is 17.6 Å². The van der Waals surface area contributed by atoms with E-state index in [1.807, 2.05) is 0 Å². The van der Waals surface area contributed by atoms with Gasteiger partial charge in [-0.15, -0.1) is 11.3 Å². The lowest BCUT2D eigenvalue weighted by atomic mass is 9.90. The second-order valence-electron chi connectivity index (χ2n) is 4.44. The van der Waals surface area contributed by atoms with Crippen molar-refractivity contribution < 1.29 is 0 Å². The Kier molecular flexibility index (Phi) is 4.74. The van der Waals surface area contributed by atoms with Crippen molar-refractivity contribution in [3.05, 3.63) is 16.1 Å². The standard InChI is InChI=1S/C12H22N2S/c1-6-13-10(5)11(8(2)3)12-14-9(4)7-15-12/h7-8,10-11,13H,6H2,1-5H3. The Bertz CT molecular complexity index is 294. The van der Waals surface area contributed by atoms with Crippen molar-refractivity contribution in [2.24, 2.45) is 5.92 Å². The van der Waals surface area contributed by atoms with Gasteiger partial charge in [0.1, 0.15) is 0 Å². The molecule has 0 amide bonds. The quantitative estimate of drug-likeness (QED) is 0.834. The number of hydrogen-bond acceptors (Lipinski definition) is 3. The summed E-state index contributed by atoms with van der Waals surface area (Å²) in [6, 6.07) is 0.501. The highest BCUT2D eigenvalue weighted by molar-refractivity contribution is 7.09. The molecule has 0 aliphatic carbocycles. The summed E-state index contributed by atoms with van der Waals surface area (Å²) in [6.45, 7) is 12.0. The maximum absolute atomic E-state index is 4.61. The largest absolute Gasteiger partial charge is 0.314 e. The molecule has 1 aromatic heterocycles. The predicted octanol–water partition coefficient (Wildman–Crippen LogP) is 3.19. The van der Waals surface area contributed by atoms with E-state index in [1.165, 1.54) is 5.01 Å². The van der Waals surface area contributed by atoms with Crippen LogP contribution in [0.15, 0.2) is 5.38 Å². The molecule has 3 heteroatoms. The molecule has 0 aliphatic rings. The molecule has 86 valence electrons. The first-order chi connectivity index (χ1) is 7.06. The second kappa shape index (κ2) is 5.61. The number of hydrogen-bond donors (Lipinski definition) is 1. The number of aromatic nitrogens is 1. The van der Waals surface area contributed by atoms with E-state index in [0.717, 1.165) is 12.2 Å².